The lowest BCUT2D eigenvalue weighted by molar-refractivity contribution is 0.102. The highest BCUT2D eigenvalue weighted by molar-refractivity contribution is 6.07. The maximum Gasteiger partial charge on any atom is 0.272 e. The molecule has 1 N–H and O–H groups in total. The Morgan fingerprint density at radius 2 is 1.38 bits per heavy atom. The highest BCUT2D eigenvalue weighted by atomic mass is 16.1. The van der Waals surface area contributed by atoms with Gasteiger partial charge in [-0.25, -0.2) is 0 Å². The molecule has 0 saturated heterocycles. The summed E-state index contributed by atoms with van der Waals surface area (Å²) in [5, 5.41) is 4.01. The van der Waals surface area contributed by atoms with Crippen molar-refractivity contribution in [2.75, 3.05) is 5.32 Å². The summed E-state index contributed by atoms with van der Waals surface area (Å²) in [5.74, 6) is -0.124. The third kappa shape index (κ3) is 2.57. The lowest BCUT2D eigenvalue weighted by atomic mass is 10.2. The van der Waals surface area contributed by atoms with E-state index in [0.717, 1.165) is 22.3 Å². The first-order valence-electron chi connectivity index (χ1n) is 7.85. The number of nitrogens with zero attached hydrogens (tertiary/aromatic N) is 1. The molecule has 1 amide bonds. The largest absolute Gasteiger partial charge is 0.321 e. The summed E-state index contributed by atoms with van der Waals surface area (Å²) in [6.45, 7) is 0. The number of aromatic nitrogens is 1. The Bertz CT molecular complexity index is 988. The van der Waals surface area contributed by atoms with Crippen LogP contribution in [-0.2, 0) is 0 Å². The van der Waals surface area contributed by atoms with E-state index >= 15 is 0 Å². The maximum atomic E-state index is 12.8. The number of benzene rings is 3. The van der Waals surface area contributed by atoms with Gasteiger partial charge in [0.05, 0.1) is 5.52 Å². The Morgan fingerprint density at radius 3 is 2.12 bits per heavy atom. The second kappa shape index (κ2) is 6.05. The summed E-state index contributed by atoms with van der Waals surface area (Å²) >= 11 is 0. The monoisotopic (exact) mass is 312 g/mol. The van der Waals surface area contributed by atoms with E-state index in [1.807, 2.05) is 95.6 Å². The topological polar surface area (TPSA) is 34.0 Å². The van der Waals surface area contributed by atoms with Gasteiger partial charge in [0.15, 0.2) is 0 Å². The number of hydrogen-bond acceptors (Lipinski definition) is 1. The van der Waals surface area contributed by atoms with Crippen LogP contribution in [0.25, 0.3) is 16.6 Å². The number of carbonyl (C=O) groups excluding carboxylic acids is 1. The number of nitrogens with one attached hydrogen (secondary N) is 1. The van der Waals surface area contributed by atoms with Crippen LogP contribution < -0.4 is 5.32 Å². The zero-order chi connectivity index (χ0) is 16.4. The predicted octanol–water partition coefficient (Wildman–Crippen LogP) is 4.88. The van der Waals surface area contributed by atoms with Crippen LogP contribution in [0.1, 0.15) is 10.5 Å². The van der Waals surface area contributed by atoms with E-state index in [9.17, 15) is 4.79 Å². The summed E-state index contributed by atoms with van der Waals surface area (Å²) in [4.78, 5) is 12.8. The van der Waals surface area contributed by atoms with Gasteiger partial charge in [-0.15, -0.1) is 0 Å². The molecule has 0 radical (unpaired) electrons. The first-order valence-corrected chi connectivity index (χ1v) is 7.85. The average molecular weight is 312 g/mol. The van der Waals surface area contributed by atoms with Crippen molar-refractivity contribution < 1.29 is 4.79 Å². The minimum atomic E-state index is -0.124. The Hall–Kier alpha value is -3.33. The third-order valence-electron chi connectivity index (χ3n) is 3.99. The van der Waals surface area contributed by atoms with Gasteiger partial charge in [0.2, 0.25) is 0 Å². The van der Waals surface area contributed by atoms with Crippen molar-refractivity contribution in [3.8, 4) is 5.69 Å². The fourth-order valence-electron chi connectivity index (χ4n) is 2.89. The van der Waals surface area contributed by atoms with Gasteiger partial charge in [0.25, 0.3) is 5.91 Å². The molecule has 0 aliphatic heterocycles. The van der Waals surface area contributed by atoms with Crippen molar-refractivity contribution in [2.24, 2.45) is 0 Å². The number of para-hydroxylation sites is 3. The van der Waals surface area contributed by atoms with Gasteiger partial charge in [-0.05, 0) is 36.4 Å². The van der Waals surface area contributed by atoms with Crippen LogP contribution in [0, 0.1) is 0 Å². The van der Waals surface area contributed by atoms with Gasteiger partial charge < -0.3 is 9.88 Å². The number of fused-ring (bicyclic) bond motifs is 1. The third-order valence-corrected chi connectivity index (χ3v) is 3.99. The fourth-order valence-corrected chi connectivity index (χ4v) is 2.89. The van der Waals surface area contributed by atoms with Gasteiger partial charge >= 0.3 is 0 Å². The number of hydrogen-bond donors (Lipinski definition) is 1. The van der Waals surface area contributed by atoms with Gasteiger partial charge in [-0.2, -0.15) is 0 Å². The molecule has 116 valence electrons. The molecule has 0 bridgehead atoms. The van der Waals surface area contributed by atoms with Crippen LogP contribution in [0.5, 0.6) is 0 Å². The molecule has 4 aromatic rings. The molecule has 3 aromatic carbocycles. The Balaban J connectivity index is 1.84. The fraction of sp³-hybridized carbons (Fsp3) is 0. The first kappa shape index (κ1) is 14.3. The maximum absolute atomic E-state index is 12.8. The molecular weight excluding hydrogens is 296 g/mol. The standard InChI is InChI=1S/C21H16N2O/c24-21(22-17-10-3-1-4-11-17)20-15-16-9-7-8-14-19(16)23(20)18-12-5-2-6-13-18/h1-15H,(H,22,24). The van der Waals surface area contributed by atoms with Crippen molar-refractivity contribution in [3.63, 3.8) is 0 Å². The number of amides is 1. The second-order valence-corrected chi connectivity index (χ2v) is 5.58. The van der Waals surface area contributed by atoms with Crippen LogP contribution in [-0.4, -0.2) is 10.5 Å². The van der Waals surface area contributed by atoms with Crippen LogP contribution in [0.4, 0.5) is 5.69 Å². The Labute approximate surface area is 140 Å². The first-order chi connectivity index (χ1) is 11.8. The lowest BCUT2D eigenvalue weighted by Gasteiger charge is -2.11. The van der Waals surface area contributed by atoms with Gasteiger partial charge in [-0.3, -0.25) is 4.79 Å². The molecule has 0 atom stereocenters. The summed E-state index contributed by atoms with van der Waals surface area (Å²) in [6, 6.07) is 29.4. The number of anilines is 1. The quantitative estimate of drug-likeness (QED) is 0.574. The van der Waals surface area contributed by atoms with E-state index in [-0.39, 0.29) is 5.91 Å². The predicted molar refractivity (Wildman–Crippen MR) is 97.7 cm³/mol. The van der Waals surface area contributed by atoms with Crippen molar-refractivity contribution >= 4 is 22.5 Å². The van der Waals surface area contributed by atoms with E-state index in [4.69, 9.17) is 0 Å². The molecule has 1 heterocycles. The van der Waals surface area contributed by atoms with Crippen LogP contribution in [0.3, 0.4) is 0 Å². The van der Waals surface area contributed by atoms with Crippen molar-refractivity contribution in [3.05, 3.63) is 96.7 Å². The Kier molecular flexibility index (Phi) is 3.60. The molecule has 4 rings (SSSR count). The molecule has 3 heteroatoms. The van der Waals surface area contributed by atoms with Crippen LogP contribution in [0.2, 0.25) is 0 Å². The highest BCUT2D eigenvalue weighted by Crippen LogP contribution is 2.25. The van der Waals surface area contributed by atoms with Crippen molar-refractivity contribution in [1.29, 1.82) is 0 Å². The molecule has 0 aliphatic rings. The summed E-state index contributed by atoms with van der Waals surface area (Å²) in [5.41, 5.74) is 3.39. The minimum absolute atomic E-state index is 0.124. The van der Waals surface area contributed by atoms with Crippen LogP contribution in [0.15, 0.2) is 91.0 Å². The average Bonchev–Trinajstić information content (AvgIpc) is 3.03. The zero-order valence-electron chi connectivity index (χ0n) is 13.0. The van der Waals surface area contributed by atoms with E-state index in [1.165, 1.54) is 0 Å². The van der Waals surface area contributed by atoms with Crippen LogP contribution >= 0.6 is 0 Å². The summed E-state index contributed by atoms with van der Waals surface area (Å²) in [6.07, 6.45) is 0. The van der Waals surface area contributed by atoms with Gasteiger partial charge in [-0.1, -0.05) is 54.6 Å². The molecule has 0 fully saturated rings. The van der Waals surface area contributed by atoms with E-state index in [0.29, 0.717) is 5.69 Å². The van der Waals surface area contributed by atoms with E-state index < -0.39 is 0 Å². The minimum Gasteiger partial charge on any atom is -0.321 e. The SMILES string of the molecule is O=C(Nc1ccccc1)c1cc2ccccc2n1-c1ccccc1. The van der Waals surface area contributed by atoms with Crippen molar-refractivity contribution in [2.45, 2.75) is 0 Å². The molecule has 1 aromatic heterocycles. The molecular formula is C21H16N2O. The normalized spacial score (nSPS) is 10.7. The van der Waals surface area contributed by atoms with E-state index in [1.54, 1.807) is 0 Å². The highest BCUT2D eigenvalue weighted by Gasteiger charge is 2.16. The van der Waals surface area contributed by atoms with E-state index in [2.05, 4.69) is 5.32 Å². The molecule has 0 aliphatic carbocycles. The number of carbonyl (C=O) groups is 1. The second-order valence-electron chi connectivity index (χ2n) is 5.58. The molecule has 0 unspecified atom stereocenters. The lowest BCUT2D eigenvalue weighted by Crippen LogP contribution is -2.16. The summed E-state index contributed by atoms with van der Waals surface area (Å²) < 4.78 is 1.99. The molecule has 24 heavy (non-hydrogen) atoms. The Morgan fingerprint density at radius 1 is 0.750 bits per heavy atom. The molecule has 0 saturated carbocycles. The molecule has 3 nitrogen and oxygen atoms in total. The zero-order valence-corrected chi connectivity index (χ0v) is 13.0. The summed E-state index contributed by atoms with van der Waals surface area (Å²) in [7, 11) is 0. The van der Waals surface area contributed by atoms with Gasteiger partial charge in [0.1, 0.15) is 5.69 Å². The van der Waals surface area contributed by atoms with Crippen molar-refractivity contribution in [1.82, 2.24) is 4.57 Å². The van der Waals surface area contributed by atoms with Gasteiger partial charge in [0, 0.05) is 16.8 Å². The smallest absolute Gasteiger partial charge is 0.272 e. The number of rotatable bonds is 3. The molecule has 0 spiro atoms.